The SMILES string of the molecule is CC(C)(C)PC(C)(c1ccccc1)c1ccccc1. The normalized spacial score (nSPS) is 13.1. The van der Waals surface area contributed by atoms with E-state index in [-0.39, 0.29) is 5.16 Å². The summed E-state index contributed by atoms with van der Waals surface area (Å²) in [5.74, 6) is 0. The maximum atomic E-state index is 2.38. The lowest BCUT2D eigenvalue weighted by molar-refractivity contribution is 0.739. The molecule has 100 valence electrons. The van der Waals surface area contributed by atoms with Gasteiger partial charge in [-0.2, -0.15) is 0 Å². The molecule has 0 saturated carbocycles. The zero-order chi connectivity index (χ0) is 13.9. The molecule has 0 radical (unpaired) electrons. The molecule has 0 aliphatic carbocycles. The van der Waals surface area contributed by atoms with Crippen molar-refractivity contribution in [3.05, 3.63) is 71.8 Å². The molecular formula is C18H23P. The van der Waals surface area contributed by atoms with Crippen molar-refractivity contribution < 1.29 is 0 Å². The molecule has 0 N–H and O–H groups in total. The van der Waals surface area contributed by atoms with Gasteiger partial charge in [-0.15, -0.1) is 8.58 Å². The molecular weight excluding hydrogens is 247 g/mol. The first-order valence-corrected chi connectivity index (χ1v) is 7.82. The third kappa shape index (κ3) is 3.45. The van der Waals surface area contributed by atoms with Gasteiger partial charge in [-0.25, -0.2) is 0 Å². The van der Waals surface area contributed by atoms with Gasteiger partial charge in [-0.1, -0.05) is 81.4 Å². The van der Waals surface area contributed by atoms with Crippen LogP contribution in [0.5, 0.6) is 0 Å². The lowest BCUT2D eigenvalue weighted by atomic mass is 9.92. The minimum Gasteiger partial charge on any atom is -0.101 e. The fourth-order valence-electron chi connectivity index (χ4n) is 2.60. The highest BCUT2D eigenvalue weighted by atomic mass is 31.1. The maximum Gasteiger partial charge on any atom is 0.0349 e. The highest BCUT2D eigenvalue weighted by Gasteiger charge is 2.33. The molecule has 0 bridgehead atoms. The van der Waals surface area contributed by atoms with Crippen LogP contribution < -0.4 is 0 Å². The molecule has 1 atom stereocenters. The van der Waals surface area contributed by atoms with E-state index >= 15 is 0 Å². The summed E-state index contributed by atoms with van der Waals surface area (Å²) in [6, 6.07) is 21.8. The smallest absolute Gasteiger partial charge is 0.0349 e. The molecule has 1 unspecified atom stereocenters. The van der Waals surface area contributed by atoms with Crippen molar-refractivity contribution >= 4 is 8.58 Å². The van der Waals surface area contributed by atoms with Gasteiger partial charge in [0, 0.05) is 5.16 Å². The third-order valence-corrected chi connectivity index (χ3v) is 5.15. The highest BCUT2D eigenvalue weighted by molar-refractivity contribution is 7.41. The van der Waals surface area contributed by atoms with Crippen molar-refractivity contribution in [1.29, 1.82) is 0 Å². The van der Waals surface area contributed by atoms with E-state index in [4.69, 9.17) is 0 Å². The molecule has 0 nitrogen and oxygen atoms in total. The van der Waals surface area contributed by atoms with Crippen LogP contribution in [0.2, 0.25) is 0 Å². The first-order chi connectivity index (χ1) is 8.92. The Hall–Kier alpha value is -1.13. The molecule has 0 fully saturated rings. The summed E-state index contributed by atoms with van der Waals surface area (Å²) in [5, 5.41) is 0.418. The Kier molecular flexibility index (Phi) is 4.11. The van der Waals surface area contributed by atoms with Gasteiger partial charge in [0.1, 0.15) is 0 Å². The molecule has 2 rings (SSSR count). The van der Waals surface area contributed by atoms with E-state index in [0.29, 0.717) is 5.16 Å². The molecule has 1 heteroatoms. The summed E-state index contributed by atoms with van der Waals surface area (Å²) in [6.45, 7) is 9.36. The number of hydrogen-bond acceptors (Lipinski definition) is 0. The maximum absolute atomic E-state index is 2.38. The van der Waals surface area contributed by atoms with Gasteiger partial charge in [0.25, 0.3) is 0 Å². The van der Waals surface area contributed by atoms with E-state index in [9.17, 15) is 0 Å². The van der Waals surface area contributed by atoms with E-state index < -0.39 is 0 Å². The van der Waals surface area contributed by atoms with Gasteiger partial charge >= 0.3 is 0 Å². The van der Waals surface area contributed by atoms with Crippen LogP contribution in [0, 0.1) is 0 Å². The second kappa shape index (κ2) is 5.47. The van der Waals surface area contributed by atoms with Gasteiger partial charge in [0.05, 0.1) is 0 Å². The number of rotatable bonds is 3. The molecule has 0 aromatic heterocycles. The van der Waals surface area contributed by atoms with Crippen molar-refractivity contribution in [3.63, 3.8) is 0 Å². The average molecular weight is 270 g/mol. The summed E-state index contributed by atoms with van der Waals surface area (Å²) >= 11 is 0. The van der Waals surface area contributed by atoms with E-state index in [1.807, 2.05) is 0 Å². The predicted octanol–water partition coefficient (Wildman–Crippen LogP) is 5.43. The van der Waals surface area contributed by atoms with Gasteiger partial charge in [0.15, 0.2) is 0 Å². The first-order valence-electron chi connectivity index (χ1n) is 6.82. The second-order valence-corrected chi connectivity index (χ2v) is 8.98. The van der Waals surface area contributed by atoms with Gasteiger partial charge in [-0.05, 0) is 23.2 Å². The van der Waals surface area contributed by atoms with E-state index in [1.165, 1.54) is 11.1 Å². The molecule has 0 spiro atoms. The molecule has 0 aliphatic heterocycles. The Labute approximate surface area is 119 Å². The third-order valence-electron chi connectivity index (χ3n) is 3.33. The van der Waals surface area contributed by atoms with Crippen molar-refractivity contribution in [2.45, 2.75) is 38.0 Å². The molecule has 0 heterocycles. The fourth-order valence-corrected chi connectivity index (χ4v) is 4.73. The minimum absolute atomic E-state index is 0.0980. The Morgan fingerprint density at radius 3 is 1.32 bits per heavy atom. The predicted molar refractivity (Wildman–Crippen MR) is 87.4 cm³/mol. The van der Waals surface area contributed by atoms with Gasteiger partial charge in [0.2, 0.25) is 0 Å². The lowest BCUT2D eigenvalue weighted by Crippen LogP contribution is -2.24. The van der Waals surface area contributed by atoms with Crippen molar-refractivity contribution in [2.75, 3.05) is 0 Å². The van der Waals surface area contributed by atoms with Crippen molar-refractivity contribution in [1.82, 2.24) is 0 Å². The topological polar surface area (TPSA) is 0 Å². The second-order valence-electron chi connectivity index (χ2n) is 6.23. The van der Waals surface area contributed by atoms with Crippen LogP contribution in [-0.2, 0) is 5.16 Å². The van der Waals surface area contributed by atoms with E-state index in [0.717, 1.165) is 8.58 Å². The fraction of sp³-hybridized carbons (Fsp3) is 0.333. The summed E-state index contributed by atoms with van der Waals surface area (Å²) in [4.78, 5) is 0. The summed E-state index contributed by atoms with van der Waals surface area (Å²) in [7, 11) is 0.840. The van der Waals surface area contributed by atoms with Crippen LogP contribution in [-0.4, -0.2) is 5.16 Å². The molecule has 19 heavy (non-hydrogen) atoms. The number of benzene rings is 2. The lowest BCUT2D eigenvalue weighted by Gasteiger charge is -2.37. The van der Waals surface area contributed by atoms with Crippen LogP contribution in [0.15, 0.2) is 60.7 Å². The van der Waals surface area contributed by atoms with Crippen molar-refractivity contribution in [2.24, 2.45) is 0 Å². The Morgan fingerprint density at radius 2 is 1.00 bits per heavy atom. The van der Waals surface area contributed by atoms with E-state index in [1.54, 1.807) is 0 Å². The Bertz CT molecular complexity index is 469. The van der Waals surface area contributed by atoms with Crippen LogP contribution in [0.1, 0.15) is 38.8 Å². The van der Waals surface area contributed by atoms with Crippen LogP contribution in [0.25, 0.3) is 0 Å². The van der Waals surface area contributed by atoms with Crippen molar-refractivity contribution in [3.8, 4) is 0 Å². The molecule has 2 aromatic carbocycles. The Morgan fingerprint density at radius 1 is 0.632 bits per heavy atom. The van der Waals surface area contributed by atoms with E-state index in [2.05, 4.69) is 88.4 Å². The molecule has 2 aromatic rings. The average Bonchev–Trinajstić information content (AvgIpc) is 2.39. The van der Waals surface area contributed by atoms with Crippen LogP contribution >= 0.6 is 8.58 Å². The standard InChI is InChI=1S/C18H23P/c1-17(2,3)19-18(4,15-11-7-5-8-12-15)16-13-9-6-10-14-16/h5-14,19H,1-4H3. The summed E-state index contributed by atoms with van der Waals surface area (Å²) in [5.41, 5.74) is 2.82. The Balaban J connectivity index is 2.51. The van der Waals surface area contributed by atoms with Crippen LogP contribution in [0.4, 0.5) is 0 Å². The largest absolute Gasteiger partial charge is 0.101 e. The monoisotopic (exact) mass is 270 g/mol. The minimum atomic E-state index is 0.0980. The number of hydrogen-bond donors (Lipinski definition) is 0. The zero-order valence-electron chi connectivity index (χ0n) is 12.3. The summed E-state index contributed by atoms with van der Waals surface area (Å²) < 4.78 is 0. The molecule has 0 amide bonds. The van der Waals surface area contributed by atoms with Gasteiger partial charge in [-0.3, -0.25) is 0 Å². The highest BCUT2D eigenvalue weighted by Crippen LogP contribution is 2.53. The summed E-state index contributed by atoms with van der Waals surface area (Å²) in [6.07, 6.45) is 0. The molecule has 0 aliphatic rings. The molecule has 0 saturated heterocycles. The zero-order valence-corrected chi connectivity index (χ0v) is 13.3. The first kappa shape index (κ1) is 14.3. The quantitative estimate of drug-likeness (QED) is 0.653. The van der Waals surface area contributed by atoms with Gasteiger partial charge < -0.3 is 0 Å². The van der Waals surface area contributed by atoms with Crippen LogP contribution in [0.3, 0.4) is 0 Å².